The molecule has 2 aromatic rings. The highest BCUT2D eigenvalue weighted by Crippen LogP contribution is 2.28. The van der Waals surface area contributed by atoms with Crippen LogP contribution in [0.1, 0.15) is 25.5 Å². The van der Waals surface area contributed by atoms with E-state index in [0.29, 0.717) is 0 Å². The number of ether oxygens (including phenoxy) is 1. The molecule has 1 fully saturated rings. The minimum absolute atomic E-state index is 0.0394. The van der Waals surface area contributed by atoms with Gasteiger partial charge < -0.3 is 9.84 Å². The smallest absolute Gasteiger partial charge is 0.150 e. The molecular formula is C14H16N2O2. The molecule has 1 N–H and O–H groups in total. The third-order valence-electron chi connectivity index (χ3n) is 3.26. The predicted molar refractivity (Wildman–Crippen MR) is 68.2 cm³/mol. The lowest BCUT2D eigenvalue weighted by Crippen LogP contribution is -2.19. The Kier molecular flexibility index (Phi) is 3.02. The standard InChI is InChI=1S/C14H16N2O2/c17-12-6-4-11(5-7-12)13-8-9-15-16(13)14-3-1-2-10-18-14/h4-9,14,17H,1-3,10H2. The maximum atomic E-state index is 9.33. The topological polar surface area (TPSA) is 47.3 Å². The number of benzene rings is 1. The van der Waals surface area contributed by atoms with E-state index >= 15 is 0 Å². The average molecular weight is 244 g/mol. The summed E-state index contributed by atoms with van der Waals surface area (Å²) in [5.74, 6) is 0.277. The largest absolute Gasteiger partial charge is 0.508 e. The Hall–Kier alpha value is -1.81. The lowest BCUT2D eigenvalue weighted by Gasteiger charge is -2.24. The molecule has 4 nitrogen and oxygen atoms in total. The molecule has 1 aromatic heterocycles. The van der Waals surface area contributed by atoms with Crippen LogP contribution < -0.4 is 0 Å². The first kappa shape index (κ1) is 11.3. The highest BCUT2D eigenvalue weighted by molar-refractivity contribution is 5.60. The maximum Gasteiger partial charge on any atom is 0.150 e. The van der Waals surface area contributed by atoms with Gasteiger partial charge in [-0.05, 0) is 49.6 Å². The van der Waals surface area contributed by atoms with Crippen molar-refractivity contribution in [2.75, 3.05) is 6.61 Å². The van der Waals surface area contributed by atoms with E-state index in [9.17, 15) is 5.11 Å². The number of hydrogen-bond donors (Lipinski definition) is 1. The Balaban J connectivity index is 1.93. The van der Waals surface area contributed by atoms with E-state index in [0.717, 1.165) is 30.7 Å². The average Bonchev–Trinajstić information content (AvgIpc) is 2.90. The summed E-state index contributed by atoms with van der Waals surface area (Å²) in [4.78, 5) is 0. The van der Waals surface area contributed by atoms with Crippen LogP contribution in [0.3, 0.4) is 0 Å². The molecule has 2 heterocycles. The lowest BCUT2D eigenvalue weighted by atomic mass is 10.1. The first-order valence-electron chi connectivity index (χ1n) is 6.29. The molecule has 0 aliphatic carbocycles. The fourth-order valence-electron chi connectivity index (χ4n) is 2.32. The summed E-state index contributed by atoms with van der Waals surface area (Å²) in [6, 6.07) is 9.14. The fraction of sp³-hybridized carbons (Fsp3) is 0.357. The van der Waals surface area contributed by atoms with Crippen LogP contribution in [0.25, 0.3) is 11.3 Å². The molecule has 1 aromatic carbocycles. The van der Waals surface area contributed by atoms with Crippen LogP contribution in [0, 0.1) is 0 Å². The number of aromatic hydroxyl groups is 1. The Morgan fingerprint density at radius 1 is 1.17 bits per heavy atom. The Morgan fingerprint density at radius 2 is 2.00 bits per heavy atom. The summed E-state index contributed by atoms with van der Waals surface area (Å²) in [7, 11) is 0. The van der Waals surface area contributed by atoms with Gasteiger partial charge in [-0.1, -0.05) is 0 Å². The van der Waals surface area contributed by atoms with Crippen molar-refractivity contribution >= 4 is 0 Å². The van der Waals surface area contributed by atoms with E-state index in [1.807, 2.05) is 22.9 Å². The van der Waals surface area contributed by atoms with Crippen LogP contribution in [0.2, 0.25) is 0 Å². The maximum absolute atomic E-state index is 9.33. The van der Waals surface area contributed by atoms with E-state index in [2.05, 4.69) is 5.10 Å². The number of hydrogen-bond acceptors (Lipinski definition) is 3. The Labute approximate surface area is 106 Å². The van der Waals surface area contributed by atoms with Crippen molar-refractivity contribution in [3.8, 4) is 17.0 Å². The van der Waals surface area contributed by atoms with Crippen molar-refractivity contribution in [1.82, 2.24) is 9.78 Å². The van der Waals surface area contributed by atoms with Gasteiger partial charge in [0.2, 0.25) is 0 Å². The van der Waals surface area contributed by atoms with Crippen LogP contribution in [-0.4, -0.2) is 21.5 Å². The molecule has 0 saturated carbocycles. The second-order valence-electron chi connectivity index (χ2n) is 4.53. The van der Waals surface area contributed by atoms with E-state index in [-0.39, 0.29) is 12.0 Å². The Morgan fingerprint density at radius 3 is 2.72 bits per heavy atom. The third kappa shape index (κ3) is 2.11. The van der Waals surface area contributed by atoms with Crippen molar-refractivity contribution in [2.24, 2.45) is 0 Å². The molecule has 0 bridgehead atoms. The summed E-state index contributed by atoms with van der Waals surface area (Å²) in [6.45, 7) is 0.805. The van der Waals surface area contributed by atoms with Crippen LogP contribution in [0.15, 0.2) is 36.5 Å². The monoisotopic (exact) mass is 244 g/mol. The predicted octanol–water partition coefficient (Wildman–Crippen LogP) is 2.95. The van der Waals surface area contributed by atoms with Crippen molar-refractivity contribution in [3.05, 3.63) is 36.5 Å². The fourth-order valence-corrected chi connectivity index (χ4v) is 2.32. The molecular weight excluding hydrogens is 228 g/mol. The molecule has 1 unspecified atom stereocenters. The zero-order valence-corrected chi connectivity index (χ0v) is 10.1. The SMILES string of the molecule is Oc1ccc(-c2ccnn2C2CCCCO2)cc1. The lowest BCUT2D eigenvalue weighted by molar-refractivity contribution is -0.0383. The minimum Gasteiger partial charge on any atom is -0.508 e. The molecule has 18 heavy (non-hydrogen) atoms. The third-order valence-corrected chi connectivity index (χ3v) is 3.26. The van der Waals surface area contributed by atoms with Gasteiger partial charge >= 0.3 is 0 Å². The van der Waals surface area contributed by atoms with Crippen LogP contribution in [-0.2, 0) is 4.74 Å². The van der Waals surface area contributed by atoms with Gasteiger partial charge in [0.15, 0.2) is 6.23 Å². The molecule has 1 atom stereocenters. The summed E-state index contributed by atoms with van der Waals surface area (Å²) in [6.07, 6.45) is 5.15. The number of phenolic OH excluding ortho intramolecular Hbond substituents is 1. The van der Waals surface area contributed by atoms with Gasteiger partial charge in [-0.25, -0.2) is 4.68 Å². The molecule has 94 valence electrons. The van der Waals surface area contributed by atoms with Gasteiger partial charge in [-0.15, -0.1) is 0 Å². The van der Waals surface area contributed by atoms with Crippen molar-refractivity contribution in [2.45, 2.75) is 25.5 Å². The van der Waals surface area contributed by atoms with E-state index < -0.39 is 0 Å². The molecule has 1 saturated heterocycles. The number of nitrogens with zero attached hydrogens (tertiary/aromatic N) is 2. The van der Waals surface area contributed by atoms with E-state index in [4.69, 9.17) is 4.74 Å². The summed E-state index contributed by atoms with van der Waals surface area (Å²) >= 11 is 0. The van der Waals surface area contributed by atoms with Gasteiger partial charge in [-0.2, -0.15) is 5.10 Å². The summed E-state index contributed by atoms with van der Waals surface area (Å²) in [5, 5.41) is 13.7. The molecule has 0 radical (unpaired) electrons. The molecule has 0 amide bonds. The zero-order chi connectivity index (χ0) is 12.4. The molecule has 1 aliphatic rings. The zero-order valence-electron chi connectivity index (χ0n) is 10.1. The van der Waals surface area contributed by atoms with Gasteiger partial charge in [0.25, 0.3) is 0 Å². The van der Waals surface area contributed by atoms with Crippen LogP contribution in [0.5, 0.6) is 5.75 Å². The first-order valence-corrected chi connectivity index (χ1v) is 6.29. The van der Waals surface area contributed by atoms with Crippen molar-refractivity contribution in [3.63, 3.8) is 0 Å². The number of phenols is 1. The van der Waals surface area contributed by atoms with Gasteiger partial charge in [0, 0.05) is 18.4 Å². The first-order chi connectivity index (χ1) is 8.84. The van der Waals surface area contributed by atoms with Gasteiger partial charge in [0.05, 0.1) is 5.69 Å². The summed E-state index contributed by atoms with van der Waals surface area (Å²) in [5.41, 5.74) is 2.07. The minimum atomic E-state index is 0.0394. The second kappa shape index (κ2) is 4.82. The summed E-state index contributed by atoms with van der Waals surface area (Å²) < 4.78 is 7.70. The van der Waals surface area contributed by atoms with Gasteiger partial charge in [-0.3, -0.25) is 0 Å². The van der Waals surface area contributed by atoms with E-state index in [1.54, 1.807) is 18.3 Å². The number of rotatable bonds is 2. The molecule has 1 aliphatic heterocycles. The van der Waals surface area contributed by atoms with Crippen LogP contribution >= 0.6 is 0 Å². The molecule has 4 heteroatoms. The van der Waals surface area contributed by atoms with Crippen molar-refractivity contribution in [1.29, 1.82) is 0 Å². The van der Waals surface area contributed by atoms with Gasteiger partial charge in [0.1, 0.15) is 5.75 Å². The highest BCUT2D eigenvalue weighted by Gasteiger charge is 2.19. The quantitative estimate of drug-likeness (QED) is 0.883. The Bertz CT molecular complexity index is 513. The van der Waals surface area contributed by atoms with E-state index in [1.165, 1.54) is 6.42 Å². The molecule has 3 rings (SSSR count). The number of aromatic nitrogens is 2. The molecule has 0 spiro atoms. The van der Waals surface area contributed by atoms with Crippen LogP contribution in [0.4, 0.5) is 0 Å². The second-order valence-corrected chi connectivity index (χ2v) is 4.53. The normalized spacial score (nSPS) is 19.9. The highest BCUT2D eigenvalue weighted by atomic mass is 16.5. The van der Waals surface area contributed by atoms with Crippen molar-refractivity contribution < 1.29 is 9.84 Å².